The molecule has 212 valence electrons. The zero-order chi connectivity index (χ0) is 28.2. The third-order valence-electron chi connectivity index (χ3n) is 7.61. The average Bonchev–Trinajstić information content (AvgIpc) is 3.57. The van der Waals surface area contributed by atoms with Crippen LogP contribution in [0, 0.1) is 5.92 Å². The molecule has 3 aromatic rings. The number of nitrogens with zero attached hydrogens (tertiary/aromatic N) is 2. The van der Waals surface area contributed by atoms with Gasteiger partial charge in [-0.2, -0.15) is 0 Å². The molecule has 3 aliphatic rings. The minimum absolute atomic E-state index is 0.0181. The van der Waals surface area contributed by atoms with Gasteiger partial charge in [-0.3, -0.25) is 9.69 Å². The van der Waals surface area contributed by atoms with Gasteiger partial charge in [0.2, 0.25) is 6.79 Å². The Morgan fingerprint density at radius 1 is 0.976 bits per heavy atom. The molecule has 6 rings (SSSR count). The van der Waals surface area contributed by atoms with Crippen molar-refractivity contribution in [1.29, 1.82) is 0 Å². The van der Waals surface area contributed by atoms with Crippen LogP contribution in [-0.2, 0) is 11.4 Å². The highest BCUT2D eigenvalue weighted by molar-refractivity contribution is 8.18. The number of amidine groups is 1. The molecule has 8 heteroatoms. The van der Waals surface area contributed by atoms with E-state index in [2.05, 4.69) is 6.92 Å². The summed E-state index contributed by atoms with van der Waals surface area (Å²) in [7, 11) is 0. The summed E-state index contributed by atoms with van der Waals surface area (Å²) in [4.78, 5) is 21.4. The molecule has 2 fully saturated rings. The van der Waals surface area contributed by atoms with Gasteiger partial charge >= 0.3 is 0 Å². The predicted octanol–water partition coefficient (Wildman–Crippen LogP) is 7.58. The highest BCUT2D eigenvalue weighted by Crippen LogP contribution is 2.41. The van der Waals surface area contributed by atoms with E-state index in [-0.39, 0.29) is 18.7 Å². The van der Waals surface area contributed by atoms with E-state index >= 15 is 0 Å². The number of hydrogen-bond donors (Lipinski definition) is 0. The van der Waals surface area contributed by atoms with Gasteiger partial charge in [0.1, 0.15) is 6.61 Å². The van der Waals surface area contributed by atoms with Gasteiger partial charge in [0.05, 0.1) is 17.2 Å². The number of fused-ring (bicyclic) bond motifs is 1. The summed E-state index contributed by atoms with van der Waals surface area (Å²) in [5, 5.41) is 0.750. The van der Waals surface area contributed by atoms with E-state index in [0.29, 0.717) is 35.5 Å². The minimum Gasteiger partial charge on any atom is -0.490 e. The van der Waals surface area contributed by atoms with Crippen LogP contribution in [0.5, 0.6) is 23.0 Å². The largest absolute Gasteiger partial charge is 0.490 e. The van der Waals surface area contributed by atoms with Gasteiger partial charge in [-0.15, -0.1) is 0 Å². The monoisotopic (exact) mass is 570 g/mol. The van der Waals surface area contributed by atoms with E-state index in [9.17, 15) is 4.79 Å². The zero-order valence-electron chi connectivity index (χ0n) is 23.4. The molecule has 7 nitrogen and oxygen atoms in total. The molecule has 1 saturated heterocycles. The first-order valence-electron chi connectivity index (χ1n) is 14.2. The summed E-state index contributed by atoms with van der Waals surface area (Å²) in [5.74, 6) is 3.19. The third-order valence-corrected chi connectivity index (χ3v) is 8.60. The number of aliphatic imine (C=N–C) groups is 1. The summed E-state index contributed by atoms with van der Waals surface area (Å²) in [6, 6.07) is 21.6. The smallest absolute Gasteiger partial charge is 0.267 e. The molecule has 1 amide bonds. The lowest BCUT2D eigenvalue weighted by Crippen LogP contribution is -2.44. The van der Waals surface area contributed by atoms with Crippen LogP contribution in [0.3, 0.4) is 0 Å². The van der Waals surface area contributed by atoms with Gasteiger partial charge in [-0.1, -0.05) is 50.1 Å². The minimum atomic E-state index is 0.0181. The Labute approximate surface area is 245 Å². The van der Waals surface area contributed by atoms with E-state index in [0.717, 1.165) is 52.7 Å². The second-order valence-electron chi connectivity index (χ2n) is 10.5. The fraction of sp³-hybridized carbons (Fsp3) is 0.333. The number of ether oxygens (including phenoxy) is 4. The highest BCUT2D eigenvalue weighted by atomic mass is 32.2. The standard InChI is InChI=1S/C33H34N2O5S/c1-3-37-29-17-23(13-15-27(29)38-20-24-14-16-28-30(18-24)40-21-39-28)19-31-32(36)35(26-12-8-7-9-22(26)2)33(41-31)34-25-10-5-4-6-11-25/h4-6,10-11,13-19,22,26H,3,7-9,12,20-21H2,1-2H3/b31-19-,34-33?/t22-,26-/m1/s1. The maximum atomic E-state index is 13.9. The van der Waals surface area contributed by atoms with Crippen molar-refractivity contribution in [2.24, 2.45) is 10.9 Å². The number of hydrogen-bond acceptors (Lipinski definition) is 7. The van der Waals surface area contributed by atoms with Crippen LogP contribution in [-0.4, -0.2) is 35.4 Å². The van der Waals surface area contributed by atoms with Gasteiger partial charge in [0, 0.05) is 6.04 Å². The molecule has 0 bridgehead atoms. The molecule has 41 heavy (non-hydrogen) atoms. The van der Waals surface area contributed by atoms with Crippen LogP contribution in [0.1, 0.15) is 50.7 Å². The molecule has 0 aromatic heterocycles. The first kappa shape index (κ1) is 27.3. The molecule has 0 spiro atoms. The molecule has 0 unspecified atom stereocenters. The van der Waals surface area contributed by atoms with Crippen molar-refractivity contribution in [2.75, 3.05) is 13.4 Å². The number of carbonyl (C=O) groups excluding carboxylic acids is 1. The van der Waals surface area contributed by atoms with E-state index in [1.807, 2.05) is 84.6 Å². The van der Waals surface area contributed by atoms with Gasteiger partial charge in [-0.25, -0.2) is 4.99 Å². The second kappa shape index (κ2) is 12.3. The number of thioether (sulfide) groups is 1. The van der Waals surface area contributed by atoms with Gasteiger partial charge < -0.3 is 18.9 Å². The van der Waals surface area contributed by atoms with Crippen molar-refractivity contribution >= 4 is 34.6 Å². The van der Waals surface area contributed by atoms with Crippen LogP contribution < -0.4 is 18.9 Å². The van der Waals surface area contributed by atoms with E-state index < -0.39 is 0 Å². The molecule has 1 saturated carbocycles. The topological polar surface area (TPSA) is 69.6 Å². The Morgan fingerprint density at radius 3 is 2.63 bits per heavy atom. The van der Waals surface area contributed by atoms with Crippen LogP contribution in [0.2, 0.25) is 0 Å². The lowest BCUT2D eigenvalue weighted by molar-refractivity contribution is -0.124. The number of rotatable bonds is 8. The molecular formula is C33H34N2O5S. The lowest BCUT2D eigenvalue weighted by Gasteiger charge is -2.35. The van der Waals surface area contributed by atoms with Crippen LogP contribution in [0.15, 0.2) is 76.6 Å². The Morgan fingerprint density at radius 2 is 1.80 bits per heavy atom. The van der Waals surface area contributed by atoms with Gasteiger partial charge in [0.25, 0.3) is 5.91 Å². The number of benzene rings is 3. The van der Waals surface area contributed by atoms with Crippen molar-refractivity contribution in [3.05, 3.63) is 82.8 Å². The normalized spacial score (nSPS) is 22.0. The zero-order valence-corrected chi connectivity index (χ0v) is 24.2. The van der Waals surface area contributed by atoms with Crippen molar-refractivity contribution in [2.45, 2.75) is 52.2 Å². The summed E-state index contributed by atoms with van der Waals surface area (Å²) >= 11 is 1.45. The highest BCUT2D eigenvalue weighted by Gasteiger charge is 2.41. The van der Waals surface area contributed by atoms with E-state index in [1.165, 1.54) is 18.2 Å². The summed E-state index contributed by atoms with van der Waals surface area (Å²) in [5.41, 5.74) is 2.69. The quantitative estimate of drug-likeness (QED) is 0.260. The summed E-state index contributed by atoms with van der Waals surface area (Å²) < 4.78 is 23.0. The lowest BCUT2D eigenvalue weighted by atomic mass is 9.85. The second-order valence-corrected chi connectivity index (χ2v) is 11.5. The molecule has 2 aliphatic heterocycles. The first-order valence-corrected chi connectivity index (χ1v) is 15.1. The SMILES string of the molecule is CCOc1cc(/C=C2\SC(=Nc3ccccc3)N([C@@H]3CCCC[C@H]3C)C2=O)ccc1OCc1ccc2c(c1)OCO2. The molecule has 1 aliphatic carbocycles. The summed E-state index contributed by atoms with van der Waals surface area (Å²) in [6.45, 7) is 5.29. The average molecular weight is 571 g/mol. The van der Waals surface area contributed by atoms with Crippen LogP contribution in [0.25, 0.3) is 6.08 Å². The van der Waals surface area contributed by atoms with E-state index in [4.69, 9.17) is 23.9 Å². The number of amides is 1. The van der Waals surface area contributed by atoms with Crippen molar-refractivity contribution in [3.63, 3.8) is 0 Å². The fourth-order valence-electron chi connectivity index (χ4n) is 5.50. The van der Waals surface area contributed by atoms with Crippen molar-refractivity contribution in [1.82, 2.24) is 4.90 Å². The molecular weight excluding hydrogens is 536 g/mol. The Kier molecular flexibility index (Phi) is 8.19. The van der Waals surface area contributed by atoms with Gasteiger partial charge in [-0.05, 0) is 91.0 Å². The molecule has 3 aromatic carbocycles. The molecule has 0 N–H and O–H groups in total. The van der Waals surface area contributed by atoms with E-state index in [1.54, 1.807) is 0 Å². The Bertz CT molecular complexity index is 1470. The van der Waals surface area contributed by atoms with Crippen LogP contribution >= 0.6 is 11.8 Å². The summed E-state index contributed by atoms with van der Waals surface area (Å²) in [6.07, 6.45) is 6.41. The van der Waals surface area contributed by atoms with Crippen LogP contribution in [0.4, 0.5) is 5.69 Å². The first-order chi connectivity index (χ1) is 20.1. The third kappa shape index (κ3) is 6.07. The van der Waals surface area contributed by atoms with Gasteiger partial charge in [0.15, 0.2) is 28.2 Å². The fourth-order valence-corrected chi connectivity index (χ4v) is 6.54. The van der Waals surface area contributed by atoms with Crippen molar-refractivity contribution in [3.8, 4) is 23.0 Å². The Hall–Kier alpha value is -3.91. The maximum absolute atomic E-state index is 13.9. The molecule has 0 radical (unpaired) electrons. The Balaban J connectivity index is 1.25. The predicted molar refractivity (Wildman–Crippen MR) is 162 cm³/mol. The maximum Gasteiger partial charge on any atom is 0.267 e. The molecule has 2 atom stereocenters. The van der Waals surface area contributed by atoms with Crippen molar-refractivity contribution < 1.29 is 23.7 Å². The number of para-hydroxylation sites is 1. The molecule has 2 heterocycles. The number of carbonyl (C=O) groups is 1.